The number of rotatable bonds is 0. The first-order chi connectivity index (χ1) is 6.91. The van der Waals surface area contributed by atoms with E-state index in [0.717, 1.165) is 0 Å². The first kappa shape index (κ1) is 11.5. The standard InChI is InChI=1S/C9H15N3O3/c1-10-4-8(14)12(3)6-9(15)11(2)5-7(10)13/h4-6H2,1-3H3. The van der Waals surface area contributed by atoms with Gasteiger partial charge in [-0.05, 0) is 0 Å². The minimum absolute atomic E-state index is 0.0243. The van der Waals surface area contributed by atoms with E-state index in [4.69, 9.17) is 0 Å². The van der Waals surface area contributed by atoms with E-state index >= 15 is 0 Å². The molecule has 0 atom stereocenters. The molecule has 0 aromatic carbocycles. The summed E-state index contributed by atoms with van der Waals surface area (Å²) in [6, 6.07) is 0. The van der Waals surface area contributed by atoms with Gasteiger partial charge in [-0.25, -0.2) is 0 Å². The van der Waals surface area contributed by atoms with Crippen molar-refractivity contribution in [3.05, 3.63) is 0 Å². The van der Waals surface area contributed by atoms with E-state index in [-0.39, 0.29) is 37.4 Å². The third-order valence-electron chi connectivity index (χ3n) is 2.39. The summed E-state index contributed by atoms with van der Waals surface area (Å²) in [5.41, 5.74) is 0. The van der Waals surface area contributed by atoms with E-state index in [1.165, 1.54) is 14.7 Å². The summed E-state index contributed by atoms with van der Waals surface area (Å²) in [6.07, 6.45) is 0. The van der Waals surface area contributed by atoms with Crippen LogP contribution in [0.1, 0.15) is 0 Å². The zero-order chi connectivity index (χ0) is 11.6. The Bertz CT molecular complexity index is 255. The van der Waals surface area contributed by atoms with Crippen molar-refractivity contribution >= 4 is 17.7 Å². The molecule has 1 aliphatic rings. The third-order valence-corrected chi connectivity index (χ3v) is 2.39. The van der Waals surface area contributed by atoms with Gasteiger partial charge in [-0.2, -0.15) is 0 Å². The van der Waals surface area contributed by atoms with Gasteiger partial charge in [0.1, 0.15) is 0 Å². The summed E-state index contributed by atoms with van der Waals surface area (Å²) < 4.78 is 0. The molecule has 0 aromatic rings. The van der Waals surface area contributed by atoms with Crippen molar-refractivity contribution in [1.82, 2.24) is 14.7 Å². The van der Waals surface area contributed by atoms with Crippen LogP contribution in [0.4, 0.5) is 0 Å². The predicted molar refractivity (Wildman–Crippen MR) is 52.9 cm³/mol. The Labute approximate surface area is 88.4 Å². The quantitative estimate of drug-likeness (QED) is 0.485. The van der Waals surface area contributed by atoms with Crippen LogP contribution in [0.3, 0.4) is 0 Å². The summed E-state index contributed by atoms with van der Waals surface area (Å²) in [4.78, 5) is 38.4. The normalized spacial score (nSPS) is 20.2. The molecule has 1 aliphatic heterocycles. The first-order valence-corrected chi connectivity index (χ1v) is 4.63. The average molecular weight is 213 g/mol. The topological polar surface area (TPSA) is 60.9 Å². The number of nitrogens with zero attached hydrogens (tertiary/aromatic N) is 3. The Morgan fingerprint density at radius 1 is 0.667 bits per heavy atom. The first-order valence-electron chi connectivity index (χ1n) is 4.63. The smallest absolute Gasteiger partial charge is 0.242 e. The molecule has 0 aliphatic carbocycles. The Morgan fingerprint density at radius 3 is 1.07 bits per heavy atom. The molecule has 3 amide bonds. The zero-order valence-corrected chi connectivity index (χ0v) is 9.19. The molecule has 0 aromatic heterocycles. The van der Waals surface area contributed by atoms with Crippen molar-refractivity contribution in [2.75, 3.05) is 40.8 Å². The van der Waals surface area contributed by atoms with Crippen molar-refractivity contribution in [2.24, 2.45) is 0 Å². The summed E-state index contributed by atoms with van der Waals surface area (Å²) in [5, 5.41) is 0. The molecule has 1 fully saturated rings. The molecule has 15 heavy (non-hydrogen) atoms. The summed E-state index contributed by atoms with van der Waals surface area (Å²) in [7, 11) is 4.66. The van der Waals surface area contributed by atoms with Crippen LogP contribution >= 0.6 is 0 Å². The number of likely N-dealkylation sites (N-methyl/N-ethyl adjacent to an activating group) is 3. The van der Waals surface area contributed by atoms with Crippen molar-refractivity contribution in [1.29, 1.82) is 0 Å². The molecule has 6 nitrogen and oxygen atoms in total. The van der Waals surface area contributed by atoms with Gasteiger partial charge in [0.05, 0.1) is 19.6 Å². The van der Waals surface area contributed by atoms with E-state index in [2.05, 4.69) is 0 Å². The minimum atomic E-state index is -0.227. The molecule has 0 saturated carbocycles. The molecule has 6 heteroatoms. The van der Waals surface area contributed by atoms with E-state index < -0.39 is 0 Å². The summed E-state index contributed by atoms with van der Waals surface area (Å²) >= 11 is 0. The van der Waals surface area contributed by atoms with Gasteiger partial charge >= 0.3 is 0 Å². The highest BCUT2D eigenvalue weighted by Gasteiger charge is 2.24. The second-order valence-corrected chi connectivity index (χ2v) is 3.75. The van der Waals surface area contributed by atoms with Crippen molar-refractivity contribution in [3.63, 3.8) is 0 Å². The second-order valence-electron chi connectivity index (χ2n) is 3.75. The fraction of sp³-hybridized carbons (Fsp3) is 0.667. The molecule has 0 radical (unpaired) electrons. The monoisotopic (exact) mass is 213 g/mol. The zero-order valence-electron chi connectivity index (χ0n) is 9.19. The van der Waals surface area contributed by atoms with E-state index in [1.807, 2.05) is 0 Å². The van der Waals surface area contributed by atoms with E-state index in [1.54, 1.807) is 21.1 Å². The lowest BCUT2D eigenvalue weighted by Gasteiger charge is -2.18. The van der Waals surface area contributed by atoms with Crippen LogP contribution in [-0.2, 0) is 14.4 Å². The molecule has 0 N–H and O–H groups in total. The summed E-state index contributed by atoms with van der Waals surface area (Å²) in [6.45, 7) is 0.0728. The maximum Gasteiger partial charge on any atom is 0.242 e. The highest BCUT2D eigenvalue weighted by molar-refractivity contribution is 5.92. The Hall–Kier alpha value is -1.59. The van der Waals surface area contributed by atoms with Crippen molar-refractivity contribution < 1.29 is 14.4 Å². The number of carbonyl (C=O) groups excluding carboxylic acids is 3. The molecule has 1 rings (SSSR count). The second kappa shape index (κ2) is 4.29. The highest BCUT2D eigenvalue weighted by Crippen LogP contribution is 1.98. The molecule has 1 heterocycles. The van der Waals surface area contributed by atoms with Gasteiger partial charge in [0.2, 0.25) is 17.7 Å². The average Bonchev–Trinajstić information content (AvgIpc) is 2.17. The van der Waals surface area contributed by atoms with Crippen LogP contribution < -0.4 is 0 Å². The fourth-order valence-electron chi connectivity index (χ4n) is 1.24. The van der Waals surface area contributed by atoms with Gasteiger partial charge in [-0.1, -0.05) is 0 Å². The molecule has 0 spiro atoms. The van der Waals surface area contributed by atoms with Gasteiger partial charge in [-0.15, -0.1) is 0 Å². The van der Waals surface area contributed by atoms with Crippen LogP contribution in [0.15, 0.2) is 0 Å². The van der Waals surface area contributed by atoms with Gasteiger partial charge < -0.3 is 14.7 Å². The Balaban J connectivity index is 2.86. The van der Waals surface area contributed by atoms with Gasteiger partial charge in [0, 0.05) is 21.1 Å². The van der Waals surface area contributed by atoms with Crippen LogP contribution in [0.25, 0.3) is 0 Å². The minimum Gasteiger partial charge on any atom is -0.335 e. The SMILES string of the molecule is CN1CC(=O)N(C)CC(=O)N(C)CC1=O. The molecule has 1 saturated heterocycles. The number of amides is 3. The van der Waals surface area contributed by atoms with Crippen LogP contribution in [0.2, 0.25) is 0 Å². The Morgan fingerprint density at radius 2 is 0.867 bits per heavy atom. The van der Waals surface area contributed by atoms with E-state index in [0.29, 0.717) is 0 Å². The highest BCUT2D eigenvalue weighted by atomic mass is 16.2. The lowest BCUT2D eigenvalue weighted by molar-refractivity contribution is -0.137. The summed E-state index contributed by atoms with van der Waals surface area (Å²) in [5.74, 6) is -0.682. The molecule has 0 bridgehead atoms. The number of carbonyl (C=O) groups is 3. The predicted octanol–water partition coefficient (Wildman–Crippen LogP) is -1.62. The van der Waals surface area contributed by atoms with Crippen molar-refractivity contribution in [2.45, 2.75) is 0 Å². The number of hydrogen-bond acceptors (Lipinski definition) is 3. The Kier molecular flexibility index (Phi) is 3.28. The lowest BCUT2D eigenvalue weighted by Crippen LogP contribution is -2.39. The van der Waals surface area contributed by atoms with Gasteiger partial charge in [-0.3, -0.25) is 14.4 Å². The third kappa shape index (κ3) is 2.68. The maximum atomic E-state index is 11.5. The molecular formula is C9H15N3O3. The van der Waals surface area contributed by atoms with Crippen LogP contribution in [-0.4, -0.2) is 73.2 Å². The number of hydrogen-bond donors (Lipinski definition) is 0. The molecule has 84 valence electrons. The van der Waals surface area contributed by atoms with Gasteiger partial charge in [0.15, 0.2) is 0 Å². The maximum absolute atomic E-state index is 11.5. The largest absolute Gasteiger partial charge is 0.335 e. The van der Waals surface area contributed by atoms with Crippen LogP contribution in [0, 0.1) is 0 Å². The molecule has 0 unspecified atom stereocenters. The lowest BCUT2D eigenvalue weighted by atomic mass is 10.4. The molecular weight excluding hydrogens is 198 g/mol. The fourth-order valence-corrected chi connectivity index (χ4v) is 1.24. The van der Waals surface area contributed by atoms with Gasteiger partial charge in [0.25, 0.3) is 0 Å². The van der Waals surface area contributed by atoms with Crippen molar-refractivity contribution in [3.8, 4) is 0 Å². The van der Waals surface area contributed by atoms with Crippen LogP contribution in [0.5, 0.6) is 0 Å². The van der Waals surface area contributed by atoms with E-state index in [9.17, 15) is 14.4 Å².